The molecule has 2 aromatic rings. The molecule has 23 heavy (non-hydrogen) atoms. The van der Waals surface area contributed by atoms with Crippen LogP contribution < -0.4 is 4.90 Å². The van der Waals surface area contributed by atoms with Gasteiger partial charge in [0.05, 0.1) is 6.54 Å². The third kappa shape index (κ3) is 3.26. The van der Waals surface area contributed by atoms with E-state index < -0.39 is 0 Å². The summed E-state index contributed by atoms with van der Waals surface area (Å²) < 4.78 is 0. The van der Waals surface area contributed by atoms with Crippen LogP contribution in [-0.2, 0) is 11.2 Å². The van der Waals surface area contributed by atoms with E-state index in [0.717, 1.165) is 29.2 Å². The Morgan fingerprint density at radius 1 is 1.22 bits per heavy atom. The average molecular weight is 329 g/mol. The molecule has 0 bridgehead atoms. The molecule has 3 rings (SSSR count). The number of amides is 1. The molecule has 4 heteroatoms. The Labute approximate surface area is 142 Å². The van der Waals surface area contributed by atoms with Crippen LogP contribution in [0.3, 0.4) is 0 Å². The van der Waals surface area contributed by atoms with Gasteiger partial charge in [0.1, 0.15) is 0 Å². The first kappa shape index (κ1) is 16.0. The second kappa shape index (κ2) is 6.73. The SMILES string of the molecule is CC(c1ccccc1Cl)N(C)CC(=O)N1CCc2ccccc21. The number of carbonyl (C=O) groups is 1. The van der Waals surface area contributed by atoms with Gasteiger partial charge in [0.25, 0.3) is 0 Å². The van der Waals surface area contributed by atoms with Crippen molar-refractivity contribution in [3.8, 4) is 0 Å². The van der Waals surface area contributed by atoms with E-state index in [1.54, 1.807) is 0 Å². The molecule has 0 fully saturated rings. The van der Waals surface area contributed by atoms with Gasteiger partial charge in [-0.05, 0) is 43.7 Å². The number of benzene rings is 2. The first-order chi connectivity index (χ1) is 11.1. The molecule has 0 N–H and O–H groups in total. The van der Waals surface area contributed by atoms with Crippen LogP contribution >= 0.6 is 11.6 Å². The van der Waals surface area contributed by atoms with E-state index in [0.29, 0.717) is 6.54 Å². The summed E-state index contributed by atoms with van der Waals surface area (Å²) in [7, 11) is 1.97. The van der Waals surface area contributed by atoms with E-state index in [9.17, 15) is 4.79 Å². The Hall–Kier alpha value is -1.84. The van der Waals surface area contributed by atoms with Gasteiger partial charge in [-0.1, -0.05) is 48.0 Å². The Balaban J connectivity index is 1.70. The molecule has 1 amide bonds. The molecule has 1 heterocycles. The fourth-order valence-electron chi connectivity index (χ4n) is 3.08. The molecule has 120 valence electrons. The van der Waals surface area contributed by atoms with Crippen molar-refractivity contribution in [2.24, 2.45) is 0 Å². The fourth-order valence-corrected chi connectivity index (χ4v) is 3.38. The summed E-state index contributed by atoms with van der Waals surface area (Å²) in [5, 5.41) is 0.741. The van der Waals surface area contributed by atoms with Crippen molar-refractivity contribution in [1.82, 2.24) is 4.90 Å². The molecule has 1 aliphatic heterocycles. The van der Waals surface area contributed by atoms with Gasteiger partial charge in [-0.15, -0.1) is 0 Å². The van der Waals surface area contributed by atoms with Gasteiger partial charge in [0, 0.05) is 23.3 Å². The Morgan fingerprint density at radius 3 is 2.70 bits per heavy atom. The summed E-state index contributed by atoms with van der Waals surface area (Å²) in [6.07, 6.45) is 0.936. The molecular weight excluding hydrogens is 308 g/mol. The van der Waals surface area contributed by atoms with Crippen molar-refractivity contribution in [2.45, 2.75) is 19.4 Å². The Kier molecular flexibility index (Phi) is 4.69. The van der Waals surface area contributed by atoms with E-state index in [1.165, 1.54) is 5.56 Å². The lowest BCUT2D eigenvalue weighted by molar-refractivity contribution is -0.119. The van der Waals surface area contributed by atoms with Crippen molar-refractivity contribution in [1.29, 1.82) is 0 Å². The van der Waals surface area contributed by atoms with Crippen LogP contribution in [0.4, 0.5) is 5.69 Å². The molecule has 1 unspecified atom stereocenters. The molecule has 1 atom stereocenters. The topological polar surface area (TPSA) is 23.6 Å². The lowest BCUT2D eigenvalue weighted by Gasteiger charge is -2.27. The third-order valence-electron chi connectivity index (χ3n) is 4.59. The zero-order chi connectivity index (χ0) is 16.4. The van der Waals surface area contributed by atoms with Crippen LogP contribution in [-0.4, -0.2) is 30.9 Å². The molecule has 0 radical (unpaired) electrons. The van der Waals surface area contributed by atoms with Gasteiger partial charge < -0.3 is 4.90 Å². The number of halogens is 1. The third-order valence-corrected chi connectivity index (χ3v) is 4.93. The zero-order valence-electron chi connectivity index (χ0n) is 13.5. The molecule has 0 aromatic heterocycles. The van der Waals surface area contributed by atoms with E-state index >= 15 is 0 Å². The van der Waals surface area contributed by atoms with Gasteiger partial charge in [-0.3, -0.25) is 9.69 Å². The smallest absolute Gasteiger partial charge is 0.241 e. The van der Waals surface area contributed by atoms with Crippen LogP contribution in [0.25, 0.3) is 0 Å². The standard InChI is InChI=1S/C19H21ClN2O/c1-14(16-8-4-5-9-17(16)20)21(2)13-19(23)22-12-11-15-7-3-6-10-18(15)22/h3-10,14H,11-13H2,1-2H3. The molecule has 2 aromatic carbocycles. The second-order valence-electron chi connectivity index (χ2n) is 6.04. The minimum Gasteiger partial charge on any atom is -0.311 e. The summed E-state index contributed by atoms with van der Waals surface area (Å²) in [6, 6.07) is 16.0. The van der Waals surface area contributed by atoms with Gasteiger partial charge in [0.15, 0.2) is 0 Å². The van der Waals surface area contributed by atoms with Crippen LogP contribution in [0.15, 0.2) is 48.5 Å². The summed E-state index contributed by atoms with van der Waals surface area (Å²) in [4.78, 5) is 16.6. The molecule has 0 spiro atoms. The van der Waals surface area contributed by atoms with Crippen molar-refractivity contribution in [3.05, 3.63) is 64.7 Å². The normalized spacial score (nSPS) is 14.9. The molecule has 0 saturated heterocycles. The van der Waals surface area contributed by atoms with E-state index in [2.05, 4.69) is 13.0 Å². The maximum Gasteiger partial charge on any atom is 0.241 e. The molecular formula is C19H21ClN2O. The number of hydrogen-bond donors (Lipinski definition) is 0. The average Bonchev–Trinajstić information content (AvgIpc) is 2.98. The van der Waals surface area contributed by atoms with Crippen LogP contribution in [0.2, 0.25) is 5.02 Å². The van der Waals surface area contributed by atoms with E-state index in [4.69, 9.17) is 11.6 Å². The Morgan fingerprint density at radius 2 is 1.91 bits per heavy atom. The molecule has 0 aliphatic carbocycles. The quantitative estimate of drug-likeness (QED) is 0.849. The van der Waals surface area contributed by atoms with E-state index in [-0.39, 0.29) is 11.9 Å². The fraction of sp³-hybridized carbons (Fsp3) is 0.316. The number of rotatable bonds is 4. The highest BCUT2D eigenvalue weighted by molar-refractivity contribution is 6.31. The Bertz CT molecular complexity index is 716. The van der Waals surface area contributed by atoms with Gasteiger partial charge in [0.2, 0.25) is 5.91 Å². The maximum atomic E-state index is 12.7. The molecule has 0 saturated carbocycles. The lowest BCUT2D eigenvalue weighted by Crippen LogP contribution is -2.39. The highest BCUT2D eigenvalue weighted by Gasteiger charge is 2.26. The van der Waals surface area contributed by atoms with Gasteiger partial charge in [-0.2, -0.15) is 0 Å². The number of nitrogens with zero attached hydrogens (tertiary/aromatic N) is 2. The van der Waals surface area contributed by atoms with Crippen molar-refractivity contribution < 1.29 is 4.79 Å². The van der Waals surface area contributed by atoms with Gasteiger partial charge >= 0.3 is 0 Å². The summed E-state index contributed by atoms with van der Waals surface area (Å²) in [5.41, 5.74) is 3.35. The first-order valence-corrected chi connectivity index (χ1v) is 8.28. The maximum absolute atomic E-state index is 12.7. The summed E-state index contributed by atoms with van der Waals surface area (Å²) in [5.74, 6) is 0.136. The summed E-state index contributed by atoms with van der Waals surface area (Å²) >= 11 is 6.27. The van der Waals surface area contributed by atoms with E-state index in [1.807, 2.05) is 59.3 Å². The minimum atomic E-state index is 0.0884. The minimum absolute atomic E-state index is 0.0884. The van der Waals surface area contributed by atoms with Crippen molar-refractivity contribution >= 4 is 23.2 Å². The van der Waals surface area contributed by atoms with Gasteiger partial charge in [-0.25, -0.2) is 0 Å². The number of para-hydroxylation sites is 1. The van der Waals surface area contributed by atoms with Crippen LogP contribution in [0.5, 0.6) is 0 Å². The zero-order valence-corrected chi connectivity index (χ0v) is 14.3. The molecule has 1 aliphatic rings. The largest absolute Gasteiger partial charge is 0.311 e. The van der Waals surface area contributed by atoms with Crippen molar-refractivity contribution in [3.63, 3.8) is 0 Å². The van der Waals surface area contributed by atoms with Crippen LogP contribution in [0.1, 0.15) is 24.1 Å². The summed E-state index contributed by atoms with van der Waals surface area (Å²) in [6.45, 7) is 3.22. The number of carbonyl (C=O) groups excluding carboxylic acids is 1. The number of hydrogen-bond acceptors (Lipinski definition) is 2. The monoisotopic (exact) mass is 328 g/mol. The number of anilines is 1. The van der Waals surface area contributed by atoms with Crippen LogP contribution in [0, 0.1) is 0 Å². The highest BCUT2D eigenvalue weighted by atomic mass is 35.5. The predicted octanol–water partition coefficient (Wildman–Crippen LogP) is 3.92. The van der Waals surface area contributed by atoms with Crippen molar-refractivity contribution in [2.75, 3.05) is 25.0 Å². The lowest BCUT2D eigenvalue weighted by atomic mass is 10.1. The first-order valence-electron chi connectivity index (χ1n) is 7.91. The molecule has 3 nitrogen and oxygen atoms in total. The number of likely N-dealkylation sites (N-methyl/N-ethyl adjacent to an activating group) is 1. The second-order valence-corrected chi connectivity index (χ2v) is 6.44. The predicted molar refractivity (Wildman–Crippen MR) is 95.0 cm³/mol. The number of fused-ring (bicyclic) bond motifs is 1. The highest BCUT2D eigenvalue weighted by Crippen LogP contribution is 2.29.